The molecule has 2 N–H and O–H groups in total. The predicted molar refractivity (Wildman–Crippen MR) is 77.6 cm³/mol. The highest BCUT2D eigenvalue weighted by atomic mass is 16.5. The Morgan fingerprint density at radius 2 is 2.21 bits per heavy atom. The van der Waals surface area contributed by atoms with Gasteiger partial charge in [0.05, 0.1) is 19.0 Å². The minimum atomic E-state index is 0.876. The fourth-order valence-corrected chi connectivity index (χ4v) is 2.06. The van der Waals surface area contributed by atoms with Crippen molar-refractivity contribution in [2.24, 2.45) is 0 Å². The van der Waals surface area contributed by atoms with Crippen LogP contribution < -0.4 is 10.1 Å². The van der Waals surface area contributed by atoms with Crippen LogP contribution >= 0.6 is 0 Å². The summed E-state index contributed by atoms with van der Waals surface area (Å²) in [5.41, 5.74) is 3.38. The third-order valence-electron chi connectivity index (χ3n) is 3.20. The van der Waals surface area contributed by atoms with E-state index in [-0.39, 0.29) is 0 Å². The zero-order valence-electron chi connectivity index (χ0n) is 11.8. The van der Waals surface area contributed by atoms with Gasteiger partial charge in [-0.15, -0.1) is 0 Å². The van der Waals surface area contributed by atoms with E-state index in [4.69, 9.17) is 4.74 Å². The summed E-state index contributed by atoms with van der Waals surface area (Å²) in [4.78, 5) is 7.77. The molecule has 0 aliphatic rings. The van der Waals surface area contributed by atoms with E-state index in [1.807, 2.05) is 19.3 Å². The Bertz CT molecular complexity index is 534. The van der Waals surface area contributed by atoms with Crippen LogP contribution in [0.25, 0.3) is 11.3 Å². The van der Waals surface area contributed by atoms with Gasteiger partial charge in [-0.1, -0.05) is 13.0 Å². The number of aromatic nitrogens is 2. The third-order valence-corrected chi connectivity index (χ3v) is 3.20. The van der Waals surface area contributed by atoms with E-state index >= 15 is 0 Å². The molecule has 0 fully saturated rings. The summed E-state index contributed by atoms with van der Waals surface area (Å²) in [7, 11) is 3.64. The van der Waals surface area contributed by atoms with Crippen molar-refractivity contribution in [1.29, 1.82) is 0 Å². The molecular formula is C15H21N3O. The lowest BCUT2D eigenvalue weighted by Gasteiger charge is -2.08. The molecule has 0 saturated carbocycles. The van der Waals surface area contributed by atoms with E-state index in [0.717, 1.165) is 42.2 Å². The van der Waals surface area contributed by atoms with Crippen molar-refractivity contribution in [1.82, 2.24) is 15.3 Å². The molecule has 0 spiro atoms. The van der Waals surface area contributed by atoms with Crippen molar-refractivity contribution in [3.63, 3.8) is 0 Å². The summed E-state index contributed by atoms with van der Waals surface area (Å²) in [5.74, 6) is 1.87. The first-order valence-corrected chi connectivity index (χ1v) is 6.64. The van der Waals surface area contributed by atoms with Crippen LogP contribution in [0.15, 0.2) is 24.4 Å². The van der Waals surface area contributed by atoms with Gasteiger partial charge >= 0.3 is 0 Å². The van der Waals surface area contributed by atoms with Gasteiger partial charge < -0.3 is 15.0 Å². The SMILES string of the molecule is CCc1ccc(OC)c(-c2cnc(CCNC)[nH]2)c1. The van der Waals surface area contributed by atoms with Crippen molar-refractivity contribution in [2.75, 3.05) is 20.7 Å². The largest absolute Gasteiger partial charge is 0.496 e. The number of nitrogens with one attached hydrogen (secondary N) is 2. The molecule has 19 heavy (non-hydrogen) atoms. The standard InChI is InChI=1S/C15H21N3O/c1-4-11-5-6-14(19-3)12(9-11)13-10-17-15(18-13)7-8-16-2/h5-6,9-10,16H,4,7-8H2,1-3H3,(H,17,18). The number of imidazole rings is 1. The summed E-state index contributed by atoms with van der Waals surface area (Å²) < 4.78 is 5.43. The Labute approximate surface area is 114 Å². The lowest BCUT2D eigenvalue weighted by molar-refractivity contribution is 0.416. The molecule has 1 aromatic carbocycles. The van der Waals surface area contributed by atoms with E-state index in [9.17, 15) is 0 Å². The minimum Gasteiger partial charge on any atom is -0.496 e. The zero-order valence-corrected chi connectivity index (χ0v) is 11.8. The second-order valence-corrected chi connectivity index (χ2v) is 4.49. The Kier molecular flexibility index (Phi) is 4.58. The number of aromatic amines is 1. The van der Waals surface area contributed by atoms with E-state index in [1.165, 1.54) is 5.56 Å². The van der Waals surface area contributed by atoms with Crippen molar-refractivity contribution in [3.8, 4) is 17.0 Å². The summed E-state index contributed by atoms with van der Waals surface area (Å²) >= 11 is 0. The molecule has 0 radical (unpaired) electrons. The van der Waals surface area contributed by atoms with Gasteiger partial charge in [-0.05, 0) is 31.2 Å². The number of ether oxygens (including phenoxy) is 1. The highest BCUT2D eigenvalue weighted by Crippen LogP contribution is 2.29. The average molecular weight is 259 g/mol. The van der Waals surface area contributed by atoms with E-state index in [0.29, 0.717) is 0 Å². The maximum Gasteiger partial charge on any atom is 0.128 e. The number of methoxy groups -OCH3 is 1. The van der Waals surface area contributed by atoms with Gasteiger partial charge in [-0.25, -0.2) is 4.98 Å². The number of hydrogen-bond acceptors (Lipinski definition) is 3. The Morgan fingerprint density at radius 3 is 2.89 bits per heavy atom. The van der Waals surface area contributed by atoms with Crippen LogP contribution in [0.5, 0.6) is 5.75 Å². The normalized spacial score (nSPS) is 10.7. The fourth-order valence-electron chi connectivity index (χ4n) is 2.06. The molecule has 0 saturated heterocycles. The monoisotopic (exact) mass is 259 g/mol. The molecule has 0 aliphatic carbocycles. The zero-order chi connectivity index (χ0) is 13.7. The average Bonchev–Trinajstić information content (AvgIpc) is 2.93. The number of likely N-dealkylation sites (N-methyl/N-ethyl adjacent to an activating group) is 1. The van der Waals surface area contributed by atoms with Gasteiger partial charge in [0.15, 0.2) is 0 Å². The van der Waals surface area contributed by atoms with Crippen molar-refractivity contribution in [2.45, 2.75) is 19.8 Å². The first kappa shape index (κ1) is 13.6. The second-order valence-electron chi connectivity index (χ2n) is 4.49. The van der Waals surface area contributed by atoms with Gasteiger partial charge in [-0.2, -0.15) is 0 Å². The molecule has 2 aromatic rings. The number of hydrogen-bond donors (Lipinski definition) is 2. The fraction of sp³-hybridized carbons (Fsp3) is 0.400. The highest BCUT2D eigenvalue weighted by Gasteiger charge is 2.09. The molecule has 0 atom stereocenters. The Hall–Kier alpha value is -1.81. The van der Waals surface area contributed by atoms with Crippen LogP contribution in [0.4, 0.5) is 0 Å². The van der Waals surface area contributed by atoms with Crippen molar-refractivity contribution in [3.05, 3.63) is 35.8 Å². The van der Waals surface area contributed by atoms with Gasteiger partial charge in [0.25, 0.3) is 0 Å². The molecule has 102 valence electrons. The van der Waals surface area contributed by atoms with Crippen LogP contribution in [0.2, 0.25) is 0 Å². The maximum atomic E-state index is 5.43. The van der Waals surface area contributed by atoms with Crippen LogP contribution in [-0.2, 0) is 12.8 Å². The van der Waals surface area contributed by atoms with E-state index in [2.05, 4.69) is 34.3 Å². The minimum absolute atomic E-state index is 0.876. The number of benzene rings is 1. The molecule has 4 nitrogen and oxygen atoms in total. The summed E-state index contributed by atoms with van der Waals surface area (Å²) in [6, 6.07) is 6.27. The summed E-state index contributed by atoms with van der Waals surface area (Å²) in [5, 5.41) is 3.12. The smallest absolute Gasteiger partial charge is 0.128 e. The van der Waals surface area contributed by atoms with Crippen molar-refractivity contribution >= 4 is 0 Å². The van der Waals surface area contributed by atoms with Gasteiger partial charge in [0, 0.05) is 18.5 Å². The first-order valence-electron chi connectivity index (χ1n) is 6.64. The van der Waals surface area contributed by atoms with Gasteiger partial charge in [-0.3, -0.25) is 0 Å². The van der Waals surface area contributed by atoms with Gasteiger partial charge in [0.1, 0.15) is 11.6 Å². The molecule has 1 heterocycles. The molecule has 1 aromatic heterocycles. The maximum absolute atomic E-state index is 5.43. The first-order chi connectivity index (χ1) is 9.28. The lowest BCUT2D eigenvalue weighted by Crippen LogP contribution is -2.11. The van der Waals surface area contributed by atoms with Crippen LogP contribution in [0.3, 0.4) is 0 Å². The number of rotatable bonds is 6. The van der Waals surface area contributed by atoms with Crippen molar-refractivity contribution < 1.29 is 4.74 Å². The molecule has 4 heteroatoms. The molecule has 0 bridgehead atoms. The molecule has 2 rings (SSSR count). The summed E-state index contributed by atoms with van der Waals surface area (Å²) in [6.45, 7) is 3.07. The van der Waals surface area contributed by atoms with Crippen LogP contribution in [-0.4, -0.2) is 30.7 Å². The Morgan fingerprint density at radius 1 is 1.37 bits per heavy atom. The third kappa shape index (κ3) is 3.15. The molecule has 0 aliphatic heterocycles. The van der Waals surface area contributed by atoms with E-state index < -0.39 is 0 Å². The van der Waals surface area contributed by atoms with Crippen LogP contribution in [0, 0.1) is 0 Å². The number of aryl methyl sites for hydroxylation is 1. The Balaban J connectivity index is 2.31. The number of nitrogens with zero attached hydrogens (tertiary/aromatic N) is 1. The van der Waals surface area contributed by atoms with Crippen LogP contribution in [0.1, 0.15) is 18.3 Å². The molecule has 0 unspecified atom stereocenters. The molecular weight excluding hydrogens is 238 g/mol. The molecule has 0 amide bonds. The number of H-pyrrole nitrogens is 1. The lowest BCUT2D eigenvalue weighted by atomic mass is 10.1. The topological polar surface area (TPSA) is 49.9 Å². The second kappa shape index (κ2) is 6.38. The summed E-state index contributed by atoms with van der Waals surface area (Å²) in [6.07, 6.45) is 3.78. The quantitative estimate of drug-likeness (QED) is 0.837. The van der Waals surface area contributed by atoms with Gasteiger partial charge in [0.2, 0.25) is 0 Å². The predicted octanol–water partition coefficient (Wildman–Crippen LogP) is 2.41. The van der Waals surface area contributed by atoms with E-state index in [1.54, 1.807) is 7.11 Å². The highest BCUT2D eigenvalue weighted by molar-refractivity contribution is 5.67.